The maximum Gasteiger partial charge on any atom is 0.220 e. The summed E-state index contributed by atoms with van der Waals surface area (Å²) in [5.41, 5.74) is 0. The van der Waals surface area contributed by atoms with Crippen molar-refractivity contribution in [2.45, 2.75) is 32.1 Å². The molecule has 3 unspecified atom stereocenters. The molecule has 0 radical (unpaired) electrons. The monoisotopic (exact) mass is 246 g/mol. The number of nitrogens with one attached hydrogen (secondary N) is 2. The minimum Gasteiger partial charge on any atom is -0.355 e. The Balaban J connectivity index is 0.00000128. The third-order valence-corrected chi connectivity index (χ3v) is 4.03. The second-order valence-corrected chi connectivity index (χ2v) is 5.09. The molecule has 0 saturated heterocycles. The van der Waals surface area contributed by atoms with Crippen LogP contribution in [0, 0.1) is 17.8 Å². The van der Waals surface area contributed by atoms with Crippen LogP contribution in [0.15, 0.2) is 0 Å². The molecule has 2 rings (SSSR count). The van der Waals surface area contributed by atoms with Gasteiger partial charge in [-0.1, -0.05) is 6.42 Å². The lowest BCUT2D eigenvalue weighted by atomic mass is 9.86. The number of hydrogen-bond acceptors (Lipinski definition) is 2. The van der Waals surface area contributed by atoms with Crippen LogP contribution in [0.2, 0.25) is 0 Å². The first kappa shape index (κ1) is 13.8. The molecule has 2 N–H and O–H groups in total. The van der Waals surface area contributed by atoms with Gasteiger partial charge in [0.05, 0.1) is 0 Å². The second-order valence-electron chi connectivity index (χ2n) is 5.09. The molecule has 3 nitrogen and oxygen atoms in total. The zero-order valence-corrected chi connectivity index (χ0v) is 10.8. The number of fused-ring (bicyclic) bond motifs is 2. The van der Waals surface area contributed by atoms with Gasteiger partial charge in [0.15, 0.2) is 0 Å². The molecule has 0 aromatic heterocycles. The fraction of sp³-hybridized carbons (Fsp3) is 0.917. The van der Waals surface area contributed by atoms with Gasteiger partial charge in [-0.3, -0.25) is 4.79 Å². The van der Waals surface area contributed by atoms with Crippen LogP contribution >= 0.6 is 12.4 Å². The number of hydrogen-bond donors (Lipinski definition) is 2. The lowest BCUT2D eigenvalue weighted by molar-refractivity contribution is -0.122. The molecule has 0 aromatic carbocycles. The molecule has 2 fully saturated rings. The Labute approximate surface area is 104 Å². The van der Waals surface area contributed by atoms with E-state index in [1.807, 2.05) is 7.05 Å². The SMILES string of the molecule is CNCCNC(=O)CC1CC2CCC1C2.Cl. The van der Waals surface area contributed by atoms with Gasteiger partial charge in [-0.15, -0.1) is 12.4 Å². The molecule has 0 heterocycles. The predicted molar refractivity (Wildman–Crippen MR) is 67.7 cm³/mol. The molecule has 2 aliphatic rings. The standard InChI is InChI=1S/C12H22N2O.ClH/c1-13-4-5-14-12(15)8-11-7-9-2-3-10(11)6-9;/h9-11,13H,2-8H2,1H3,(H,14,15);1H. The maximum atomic E-state index is 11.6. The van der Waals surface area contributed by atoms with Gasteiger partial charge in [-0.2, -0.15) is 0 Å². The smallest absolute Gasteiger partial charge is 0.220 e. The van der Waals surface area contributed by atoms with Crippen LogP contribution in [-0.4, -0.2) is 26.0 Å². The molecule has 2 saturated carbocycles. The van der Waals surface area contributed by atoms with Crippen LogP contribution < -0.4 is 10.6 Å². The molecular weight excluding hydrogens is 224 g/mol. The molecule has 2 bridgehead atoms. The number of carbonyl (C=O) groups excluding carboxylic acids is 1. The average molecular weight is 247 g/mol. The number of halogens is 1. The summed E-state index contributed by atoms with van der Waals surface area (Å²) in [7, 11) is 1.90. The quantitative estimate of drug-likeness (QED) is 0.723. The van der Waals surface area contributed by atoms with Crippen molar-refractivity contribution < 1.29 is 4.79 Å². The van der Waals surface area contributed by atoms with Gasteiger partial charge < -0.3 is 10.6 Å². The summed E-state index contributed by atoms with van der Waals surface area (Å²) in [4.78, 5) is 11.6. The van der Waals surface area contributed by atoms with Crippen LogP contribution in [-0.2, 0) is 4.79 Å². The van der Waals surface area contributed by atoms with E-state index in [1.54, 1.807) is 0 Å². The van der Waals surface area contributed by atoms with E-state index in [-0.39, 0.29) is 18.3 Å². The highest BCUT2D eigenvalue weighted by Crippen LogP contribution is 2.49. The first-order valence-electron chi connectivity index (χ1n) is 6.21. The summed E-state index contributed by atoms with van der Waals surface area (Å²) in [5, 5.41) is 6.00. The first-order valence-corrected chi connectivity index (χ1v) is 6.21. The van der Waals surface area contributed by atoms with E-state index in [4.69, 9.17) is 0 Å². The Morgan fingerprint density at radius 3 is 2.62 bits per heavy atom. The van der Waals surface area contributed by atoms with Crippen LogP contribution in [0.1, 0.15) is 32.1 Å². The summed E-state index contributed by atoms with van der Waals surface area (Å²) in [6.07, 6.45) is 6.27. The van der Waals surface area contributed by atoms with Gasteiger partial charge in [-0.25, -0.2) is 0 Å². The van der Waals surface area contributed by atoms with E-state index >= 15 is 0 Å². The highest BCUT2D eigenvalue weighted by atomic mass is 35.5. The minimum absolute atomic E-state index is 0. The lowest BCUT2D eigenvalue weighted by Gasteiger charge is -2.20. The molecule has 94 valence electrons. The van der Waals surface area contributed by atoms with Crippen LogP contribution in [0.4, 0.5) is 0 Å². The van der Waals surface area contributed by atoms with Crippen LogP contribution in [0.3, 0.4) is 0 Å². The maximum absolute atomic E-state index is 11.6. The summed E-state index contributed by atoms with van der Waals surface area (Å²) in [5.74, 6) is 2.76. The van der Waals surface area contributed by atoms with E-state index in [2.05, 4.69) is 10.6 Å². The lowest BCUT2D eigenvalue weighted by Crippen LogP contribution is -2.32. The number of likely N-dealkylation sites (N-methyl/N-ethyl adjacent to an activating group) is 1. The third kappa shape index (κ3) is 3.36. The molecule has 0 aliphatic heterocycles. The van der Waals surface area contributed by atoms with Crippen molar-refractivity contribution in [1.82, 2.24) is 10.6 Å². The van der Waals surface area contributed by atoms with Gasteiger partial charge in [-0.05, 0) is 44.1 Å². The van der Waals surface area contributed by atoms with Crippen molar-refractivity contribution in [3.8, 4) is 0 Å². The summed E-state index contributed by atoms with van der Waals surface area (Å²) >= 11 is 0. The first-order chi connectivity index (χ1) is 7.29. The molecular formula is C12H23ClN2O. The average Bonchev–Trinajstić information content (AvgIpc) is 2.79. The summed E-state index contributed by atoms with van der Waals surface area (Å²) in [6.45, 7) is 1.62. The molecule has 16 heavy (non-hydrogen) atoms. The molecule has 4 heteroatoms. The zero-order chi connectivity index (χ0) is 10.7. The number of rotatable bonds is 5. The zero-order valence-electron chi connectivity index (χ0n) is 10.00. The summed E-state index contributed by atoms with van der Waals surface area (Å²) in [6, 6.07) is 0. The van der Waals surface area contributed by atoms with Crippen molar-refractivity contribution in [2.75, 3.05) is 20.1 Å². The second kappa shape index (κ2) is 6.45. The largest absolute Gasteiger partial charge is 0.355 e. The normalized spacial score (nSPS) is 31.2. The van der Waals surface area contributed by atoms with Crippen molar-refractivity contribution in [3.05, 3.63) is 0 Å². The molecule has 1 amide bonds. The minimum atomic E-state index is 0. The van der Waals surface area contributed by atoms with Gasteiger partial charge >= 0.3 is 0 Å². The van der Waals surface area contributed by atoms with E-state index in [1.165, 1.54) is 25.7 Å². The Morgan fingerprint density at radius 2 is 2.06 bits per heavy atom. The number of carbonyl (C=O) groups is 1. The molecule has 2 aliphatic carbocycles. The summed E-state index contributed by atoms with van der Waals surface area (Å²) < 4.78 is 0. The Kier molecular flexibility index (Phi) is 5.56. The van der Waals surface area contributed by atoms with E-state index < -0.39 is 0 Å². The van der Waals surface area contributed by atoms with Crippen molar-refractivity contribution in [1.29, 1.82) is 0 Å². The van der Waals surface area contributed by atoms with E-state index in [9.17, 15) is 4.79 Å². The highest BCUT2D eigenvalue weighted by molar-refractivity contribution is 5.85. The number of amides is 1. The van der Waals surface area contributed by atoms with E-state index in [0.717, 1.165) is 31.3 Å². The molecule has 0 spiro atoms. The van der Waals surface area contributed by atoms with Crippen molar-refractivity contribution in [2.24, 2.45) is 17.8 Å². The van der Waals surface area contributed by atoms with Gasteiger partial charge in [0.2, 0.25) is 5.91 Å². The Hall–Kier alpha value is -0.280. The van der Waals surface area contributed by atoms with Crippen LogP contribution in [0.25, 0.3) is 0 Å². The van der Waals surface area contributed by atoms with Crippen molar-refractivity contribution in [3.63, 3.8) is 0 Å². The Morgan fingerprint density at radius 1 is 1.25 bits per heavy atom. The van der Waals surface area contributed by atoms with Gasteiger partial charge in [0, 0.05) is 19.5 Å². The fourth-order valence-corrected chi connectivity index (χ4v) is 3.26. The molecule has 3 atom stereocenters. The topological polar surface area (TPSA) is 41.1 Å². The van der Waals surface area contributed by atoms with Crippen molar-refractivity contribution >= 4 is 18.3 Å². The van der Waals surface area contributed by atoms with Crippen LogP contribution in [0.5, 0.6) is 0 Å². The fourth-order valence-electron chi connectivity index (χ4n) is 3.26. The van der Waals surface area contributed by atoms with Gasteiger partial charge in [0.1, 0.15) is 0 Å². The van der Waals surface area contributed by atoms with Gasteiger partial charge in [0.25, 0.3) is 0 Å². The third-order valence-electron chi connectivity index (χ3n) is 4.03. The Bertz CT molecular complexity index is 235. The highest BCUT2D eigenvalue weighted by Gasteiger charge is 2.39. The predicted octanol–water partition coefficient (Wildman–Crippen LogP) is 1.57. The molecule has 0 aromatic rings. The van der Waals surface area contributed by atoms with E-state index in [0.29, 0.717) is 5.92 Å².